The minimum atomic E-state index is -0.155. The number of carbonyl (C=O) groups is 1. The second-order valence-electron chi connectivity index (χ2n) is 8.34. The minimum Gasteiger partial charge on any atom is -0.283 e. The Bertz CT molecular complexity index is 1230. The fourth-order valence-corrected chi connectivity index (χ4v) is 6.40. The summed E-state index contributed by atoms with van der Waals surface area (Å²) in [6.07, 6.45) is 8.27. The molecule has 0 saturated carbocycles. The first-order valence-electron chi connectivity index (χ1n) is 11.1. The number of aromatic nitrogens is 2. The lowest BCUT2D eigenvalue weighted by Gasteiger charge is -2.26. The van der Waals surface area contributed by atoms with Crippen LogP contribution in [0.15, 0.2) is 34.1 Å². The number of fused-ring (bicyclic) bond motifs is 1. The van der Waals surface area contributed by atoms with Crippen LogP contribution < -0.4 is 5.43 Å². The standard InChI is InChI=1S/C24H23BrCl2N4OS/c25-21-10-8-17(33-21)13-15-5-4-6-18-22(24(32)29-30-11-2-1-3-12-30)28-31(23(15)18)20-9-7-16(26)14-19(20)27/h7-10,13-14H,1-6,11-12H2,(H,29,32)/b15-13+. The van der Waals surface area contributed by atoms with Gasteiger partial charge in [0.15, 0.2) is 5.69 Å². The molecule has 2 aliphatic rings. The van der Waals surface area contributed by atoms with E-state index in [0.29, 0.717) is 15.7 Å². The first kappa shape index (κ1) is 23.1. The highest BCUT2D eigenvalue weighted by molar-refractivity contribution is 9.11. The van der Waals surface area contributed by atoms with Gasteiger partial charge in [0, 0.05) is 28.6 Å². The van der Waals surface area contributed by atoms with E-state index in [1.807, 2.05) is 21.8 Å². The first-order chi connectivity index (χ1) is 16.0. The van der Waals surface area contributed by atoms with E-state index in [4.69, 9.17) is 28.3 Å². The number of rotatable bonds is 4. The normalized spacial score (nSPS) is 17.8. The monoisotopic (exact) mass is 564 g/mol. The maximum atomic E-state index is 13.3. The molecule has 1 saturated heterocycles. The third kappa shape index (κ3) is 4.93. The Morgan fingerprint density at radius 1 is 1.09 bits per heavy atom. The number of carbonyl (C=O) groups excluding carboxylic acids is 1. The Morgan fingerprint density at radius 2 is 1.91 bits per heavy atom. The number of hydrogen-bond acceptors (Lipinski definition) is 4. The molecular formula is C24H23BrCl2N4OS. The Morgan fingerprint density at radius 3 is 2.64 bits per heavy atom. The zero-order chi connectivity index (χ0) is 22.9. The van der Waals surface area contributed by atoms with Gasteiger partial charge in [-0.25, -0.2) is 9.69 Å². The van der Waals surface area contributed by atoms with E-state index in [1.165, 1.54) is 6.42 Å². The molecule has 3 aromatic rings. The molecule has 172 valence electrons. The molecule has 1 amide bonds. The molecule has 1 aliphatic heterocycles. The maximum absolute atomic E-state index is 13.3. The van der Waals surface area contributed by atoms with Crippen molar-refractivity contribution in [2.24, 2.45) is 0 Å². The smallest absolute Gasteiger partial charge is 0.283 e. The molecule has 5 nitrogen and oxygen atoms in total. The Hall–Kier alpha value is -1.64. The zero-order valence-corrected chi connectivity index (χ0v) is 21.8. The van der Waals surface area contributed by atoms with Crippen LogP contribution in [0.1, 0.15) is 58.7 Å². The summed E-state index contributed by atoms with van der Waals surface area (Å²) in [6, 6.07) is 9.51. The van der Waals surface area contributed by atoms with Crippen LogP contribution >= 0.6 is 50.5 Å². The van der Waals surface area contributed by atoms with Crippen LogP contribution in [0.5, 0.6) is 0 Å². The molecule has 0 bridgehead atoms. The predicted molar refractivity (Wildman–Crippen MR) is 139 cm³/mol. The number of thiophene rings is 1. The van der Waals surface area contributed by atoms with Gasteiger partial charge >= 0.3 is 0 Å². The van der Waals surface area contributed by atoms with E-state index in [-0.39, 0.29) is 5.91 Å². The van der Waals surface area contributed by atoms with Crippen LogP contribution in [0.3, 0.4) is 0 Å². The molecule has 3 heterocycles. The van der Waals surface area contributed by atoms with Crippen molar-refractivity contribution in [1.29, 1.82) is 0 Å². The maximum Gasteiger partial charge on any atom is 0.286 e. The number of nitrogens with zero attached hydrogens (tertiary/aromatic N) is 3. The molecule has 0 spiro atoms. The number of benzene rings is 1. The van der Waals surface area contributed by atoms with E-state index in [9.17, 15) is 4.79 Å². The molecule has 1 aliphatic carbocycles. The van der Waals surface area contributed by atoms with Crippen molar-refractivity contribution in [1.82, 2.24) is 20.2 Å². The van der Waals surface area contributed by atoms with Crippen LogP contribution in [-0.4, -0.2) is 33.8 Å². The van der Waals surface area contributed by atoms with Crippen LogP contribution in [0.25, 0.3) is 17.3 Å². The van der Waals surface area contributed by atoms with Crippen molar-refractivity contribution in [2.45, 2.75) is 38.5 Å². The van der Waals surface area contributed by atoms with Crippen molar-refractivity contribution in [2.75, 3.05) is 13.1 Å². The lowest BCUT2D eigenvalue weighted by molar-refractivity contribution is 0.0743. The highest BCUT2D eigenvalue weighted by Crippen LogP contribution is 2.38. The second-order valence-corrected chi connectivity index (χ2v) is 11.7. The van der Waals surface area contributed by atoms with Crippen molar-refractivity contribution in [3.63, 3.8) is 0 Å². The minimum absolute atomic E-state index is 0.155. The number of amides is 1. The molecule has 0 unspecified atom stereocenters. The van der Waals surface area contributed by atoms with E-state index in [2.05, 4.69) is 33.5 Å². The van der Waals surface area contributed by atoms with Gasteiger partial charge in [-0.05, 0) is 90.0 Å². The number of piperidine rings is 1. The van der Waals surface area contributed by atoms with Crippen LogP contribution in [0.4, 0.5) is 0 Å². The summed E-state index contributed by atoms with van der Waals surface area (Å²) in [4.78, 5) is 14.5. The van der Waals surface area contributed by atoms with Crippen molar-refractivity contribution >= 4 is 68.0 Å². The molecule has 33 heavy (non-hydrogen) atoms. The van der Waals surface area contributed by atoms with Crippen LogP contribution in [0, 0.1) is 0 Å². The third-order valence-corrected chi connectivity index (χ3v) is 8.15. The fourth-order valence-electron chi connectivity index (χ4n) is 4.52. The molecule has 9 heteroatoms. The predicted octanol–water partition coefficient (Wildman–Crippen LogP) is 7.01. The summed E-state index contributed by atoms with van der Waals surface area (Å²) in [5, 5.41) is 7.89. The van der Waals surface area contributed by atoms with Gasteiger partial charge in [-0.2, -0.15) is 5.10 Å². The molecule has 2 aromatic heterocycles. The van der Waals surface area contributed by atoms with Gasteiger partial charge in [-0.15, -0.1) is 11.3 Å². The lowest BCUT2D eigenvalue weighted by atomic mass is 9.90. The van der Waals surface area contributed by atoms with Crippen LogP contribution in [-0.2, 0) is 6.42 Å². The summed E-state index contributed by atoms with van der Waals surface area (Å²) in [6.45, 7) is 1.74. The van der Waals surface area contributed by atoms with E-state index in [1.54, 1.807) is 23.5 Å². The molecular weight excluding hydrogens is 543 g/mol. The van der Waals surface area contributed by atoms with Crippen molar-refractivity contribution in [3.8, 4) is 5.69 Å². The number of allylic oxidation sites excluding steroid dienone is 1. The van der Waals surface area contributed by atoms with Gasteiger partial charge in [-0.3, -0.25) is 10.2 Å². The van der Waals surface area contributed by atoms with Gasteiger partial charge < -0.3 is 0 Å². The van der Waals surface area contributed by atoms with Crippen molar-refractivity contribution < 1.29 is 4.79 Å². The number of halogens is 3. The first-order valence-corrected chi connectivity index (χ1v) is 13.5. The molecule has 1 fully saturated rings. The number of hydrogen-bond donors (Lipinski definition) is 1. The van der Waals surface area contributed by atoms with Gasteiger partial charge in [-0.1, -0.05) is 29.6 Å². The Labute approximate surface area is 215 Å². The third-order valence-electron chi connectivity index (χ3n) is 6.04. The lowest BCUT2D eigenvalue weighted by Crippen LogP contribution is -2.45. The second kappa shape index (κ2) is 9.92. The number of hydrazine groups is 1. The molecule has 1 aromatic carbocycles. The summed E-state index contributed by atoms with van der Waals surface area (Å²) >= 11 is 18.0. The largest absolute Gasteiger partial charge is 0.286 e. The summed E-state index contributed by atoms with van der Waals surface area (Å²) < 4.78 is 2.91. The zero-order valence-electron chi connectivity index (χ0n) is 17.9. The highest BCUT2D eigenvalue weighted by atomic mass is 79.9. The Kier molecular flexibility index (Phi) is 6.95. The van der Waals surface area contributed by atoms with Gasteiger partial charge in [0.05, 0.1) is 20.2 Å². The molecule has 0 radical (unpaired) electrons. The van der Waals surface area contributed by atoms with Gasteiger partial charge in [0.2, 0.25) is 0 Å². The summed E-state index contributed by atoms with van der Waals surface area (Å²) in [7, 11) is 0. The summed E-state index contributed by atoms with van der Waals surface area (Å²) in [5.41, 5.74) is 7.36. The van der Waals surface area contributed by atoms with Crippen LogP contribution in [0.2, 0.25) is 10.0 Å². The van der Waals surface area contributed by atoms with E-state index >= 15 is 0 Å². The van der Waals surface area contributed by atoms with Crippen molar-refractivity contribution in [3.05, 3.63) is 66.0 Å². The average Bonchev–Trinajstić information content (AvgIpc) is 3.38. The fraction of sp³-hybridized carbons (Fsp3) is 0.333. The number of nitrogens with one attached hydrogen (secondary N) is 1. The SMILES string of the molecule is O=C(NN1CCCCC1)c1nn(-c2ccc(Cl)cc2Cl)c2c1CCC/C2=C\c1ccc(Br)s1. The topological polar surface area (TPSA) is 50.2 Å². The highest BCUT2D eigenvalue weighted by Gasteiger charge is 2.30. The quantitative estimate of drug-likeness (QED) is 0.370. The van der Waals surface area contributed by atoms with E-state index in [0.717, 1.165) is 76.4 Å². The average molecular weight is 566 g/mol. The molecule has 0 atom stereocenters. The molecule has 5 rings (SSSR count). The van der Waals surface area contributed by atoms with Gasteiger partial charge in [0.25, 0.3) is 5.91 Å². The Balaban J connectivity index is 1.61. The molecule has 1 N–H and O–H groups in total. The van der Waals surface area contributed by atoms with E-state index < -0.39 is 0 Å². The van der Waals surface area contributed by atoms with Gasteiger partial charge in [0.1, 0.15) is 0 Å². The summed E-state index contributed by atoms with van der Waals surface area (Å²) in [5.74, 6) is -0.155.